The molecule has 0 saturated heterocycles. The highest BCUT2D eigenvalue weighted by molar-refractivity contribution is 7.09. The monoisotopic (exact) mass is 354 g/mol. The van der Waals surface area contributed by atoms with Crippen LogP contribution in [0, 0.1) is 0 Å². The van der Waals surface area contributed by atoms with Crippen molar-refractivity contribution in [1.82, 2.24) is 19.9 Å². The second-order valence-electron chi connectivity index (χ2n) is 5.84. The number of nitrogens with zero attached hydrogens (tertiary/aromatic N) is 4. The van der Waals surface area contributed by atoms with E-state index in [9.17, 15) is 0 Å². The van der Waals surface area contributed by atoms with E-state index in [0.717, 1.165) is 36.8 Å². The van der Waals surface area contributed by atoms with Gasteiger partial charge >= 0.3 is 0 Å². The third kappa shape index (κ3) is 5.23. The van der Waals surface area contributed by atoms with Gasteiger partial charge in [0.2, 0.25) is 5.95 Å². The summed E-state index contributed by atoms with van der Waals surface area (Å²) in [5.41, 5.74) is 1.64. The van der Waals surface area contributed by atoms with Crippen molar-refractivity contribution in [2.75, 3.05) is 37.8 Å². The molecule has 7 heteroatoms. The molecule has 3 aromatic rings. The van der Waals surface area contributed by atoms with Gasteiger partial charge in [-0.25, -0.2) is 4.98 Å². The lowest BCUT2D eigenvalue weighted by Crippen LogP contribution is -2.21. The van der Waals surface area contributed by atoms with Crippen LogP contribution in [0.4, 0.5) is 11.8 Å². The number of aromatic nitrogens is 3. The Balaban J connectivity index is 1.79. The Morgan fingerprint density at radius 2 is 1.96 bits per heavy atom. The third-order valence-electron chi connectivity index (χ3n) is 3.52. The van der Waals surface area contributed by atoms with Crippen molar-refractivity contribution in [3.8, 4) is 11.4 Å². The second-order valence-corrected chi connectivity index (χ2v) is 6.87. The molecule has 0 spiro atoms. The lowest BCUT2D eigenvalue weighted by molar-refractivity contribution is 0.425. The molecule has 25 heavy (non-hydrogen) atoms. The molecular weight excluding hydrogens is 332 g/mol. The van der Waals surface area contributed by atoms with Crippen LogP contribution in [0.3, 0.4) is 0 Å². The SMILES string of the molecule is CN(C)CCNc1nc(NCc2cccs2)cc(-c2ccccn2)n1. The number of anilines is 2. The molecule has 0 aliphatic heterocycles. The highest BCUT2D eigenvalue weighted by Gasteiger charge is 2.08. The molecule has 2 N–H and O–H groups in total. The maximum absolute atomic E-state index is 4.60. The Bertz CT molecular complexity index is 774. The van der Waals surface area contributed by atoms with Gasteiger partial charge in [0.15, 0.2) is 0 Å². The Morgan fingerprint density at radius 3 is 2.68 bits per heavy atom. The molecular formula is C18H22N6S. The van der Waals surface area contributed by atoms with Gasteiger partial charge in [-0.2, -0.15) is 4.98 Å². The number of hydrogen-bond donors (Lipinski definition) is 2. The summed E-state index contributed by atoms with van der Waals surface area (Å²) in [7, 11) is 4.09. The predicted octanol–water partition coefficient (Wildman–Crippen LogP) is 3.19. The fourth-order valence-electron chi connectivity index (χ4n) is 2.24. The second kappa shape index (κ2) is 8.55. The molecule has 3 aromatic heterocycles. The zero-order valence-electron chi connectivity index (χ0n) is 14.4. The largest absolute Gasteiger partial charge is 0.365 e. The van der Waals surface area contributed by atoms with Crippen LogP contribution in [0.1, 0.15) is 4.88 Å². The molecule has 0 aliphatic carbocycles. The Morgan fingerprint density at radius 1 is 1.04 bits per heavy atom. The molecule has 0 atom stereocenters. The van der Waals surface area contributed by atoms with Crippen LogP contribution in [0.2, 0.25) is 0 Å². The first kappa shape index (κ1) is 17.3. The summed E-state index contributed by atoms with van der Waals surface area (Å²) >= 11 is 1.72. The Labute approximate surface area is 152 Å². The van der Waals surface area contributed by atoms with E-state index in [2.05, 4.69) is 48.0 Å². The average molecular weight is 354 g/mol. The Kier molecular flexibility index (Phi) is 5.92. The number of thiophene rings is 1. The van der Waals surface area contributed by atoms with Gasteiger partial charge in [-0.05, 0) is 37.7 Å². The molecule has 0 aliphatic rings. The number of nitrogens with one attached hydrogen (secondary N) is 2. The minimum absolute atomic E-state index is 0.610. The molecule has 130 valence electrons. The minimum atomic E-state index is 0.610. The molecule has 0 amide bonds. The summed E-state index contributed by atoms with van der Waals surface area (Å²) in [6, 6.07) is 11.9. The first-order valence-corrected chi connectivity index (χ1v) is 9.04. The summed E-state index contributed by atoms with van der Waals surface area (Å²) in [5.74, 6) is 1.40. The van der Waals surface area contributed by atoms with Crippen molar-refractivity contribution in [2.45, 2.75) is 6.54 Å². The standard InChI is InChI=1S/C18H22N6S/c1-24(2)10-9-20-18-22-16(15-7-3-4-8-19-15)12-17(23-18)21-13-14-6-5-11-25-14/h3-8,11-12H,9-10,13H2,1-2H3,(H2,20,21,22,23). The van der Waals surface area contributed by atoms with Crippen molar-refractivity contribution in [3.63, 3.8) is 0 Å². The molecule has 0 bridgehead atoms. The molecule has 3 rings (SSSR count). The molecule has 0 radical (unpaired) electrons. The van der Waals surface area contributed by atoms with Crippen molar-refractivity contribution in [3.05, 3.63) is 52.9 Å². The first-order valence-electron chi connectivity index (χ1n) is 8.16. The number of likely N-dealkylation sites (N-methyl/N-ethyl adjacent to an activating group) is 1. The number of hydrogen-bond acceptors (Lipinski definition) is 7. The van der Waals surface area contributed by atoms with Crippen LogP contribution in [-0.4, -0.2) is 47.0 Å². The predicted molar refractivity (Wildman–Crippen MR) is 104 cm³/mol. The van der Waals surface area contributed by atoms with Crippen LogP contribution in [-0.2, 0) is 6.54 Å². The van der Waals surface area contributed by atoms with E-state index in [-0.39, 0.29) is 0 Å². The summed E-state index contributed by atoms with van der Waals surface area (Å²) in [6.07, 6.45) is 1.77. The summed E-state index contributed by atoms with van der Waals surface area (Å²) in [5, 5.41) is 8.74. The van der Waals surface area contributed by atoms with Crippen molar-refractivity contribution in [1.29, 1.82) is 0 Å². The van der Waals surface area contributed by atoms with Crippen molar-refractivity contribution in [2.24, 2.45) is 0 Å². The summed E-state index contributed by atoms with van der Waals surface area (Å²) in [6.45, 7) is 2.44. The fraction of sp³-hybridized carbons (Fsp3) is 0.278. The quantitative estimate of drug-likeness (QED) is 0.648. The van der Waals surface area contributed by atoms with Gasteiger partial charge in [-0.15, -0.1) is 11.3 Å². The Hall–Kier alpha value is -2.51. The summed E-state index contributed by atoms with van der Waals surface area (Å²) in [4.78, 5) is 17.0. The van der Waals surface area contributed by atoms with Crippen molar-refractivity contribution < 1.29 is 0 Å². The van der Waals surface area contributed by atoms with E-state index in [1.54, 1.807) is 17.5 Å². The van der Waals surface area contributed by atoms with Gasteiger partial charge in [-0.3, -0.25) is 4.98 Å². The van der Waals surface area contributed by atoms with Crippen LogP contribution in [0.15, 0.2) is 48.0 Å². The molecule has 0 unspecified atom stereocenters. The van der Waals surface area contributed by atoms with E-state index in [1.807, 2.05) is 38.4 Å². The lowest BCUT2D eigenvalue weighted by atomic mass is 10.2. The van der Waals surface area contributed by atoms with Gasteiger partial charge in [-0.1, -0.05) is 12.1 Å². The topological polar surface area (TPSA) is 66.0 Å². The highest BCUT2D eigenvalue weighted by atomic mass is 32.1. The van der Waals surface area contributed by atoms with E-state index < -0.39 is 0 Å². The smallest absolute Gasteiger partial charge is 0.225 e. The number of rotatable bonds is 8. The summed E-state index contributed by atoms with van der Waals surface area (Å²) < 4.78 is 0. The zero-order chi connectivity index (χ0) is 17.5. The van der Waals surface area contributed by atoms with E-state index in [1.165, 1.54) is 4.88 Å². The average Bonchev–Trinajstić information content (AvgIpc) is 3.14. The van der Waals surface area contributed by atoms with Gasteiger partial charge in [0.25, 0.3) is 0 Å². The van der Waals surface area contributed by atoms with Crippen molar-refractivity contribution >= 4 is 23.1 Å². The number of pyridine rings is 1. The van der Waals surface area contributed by atoms with Gasteiger partial charge in [0.05, 0.1) is 17.9 Å². The van der Waals surface area contributed by atoms with Gasteiger partial charge < -0.3 is 15.5 Å². The van der Waals surface area contributed by atoms with E-state index >= 15 is 0 Å². The minimum Gasteiger partial charge on any atom is -0.365 e. The van der Waals surface area contributed by atoms with Crippen LogP contribution in [0.5, 0.6) is 0 Å². The van der Waals surface area contributed by atoms with Crippen LogP contribution in [0.25, 0.3) is 11.4 Å². The zero-order valence-corrected chi connectivity index (χ0v) is 15.3. The lowest BCUT2D eigenvalue weighted by Gasteiger charge is -2.13. The van der Waals surface area contributed by atoms with Crippen LogP contribution >= 0.6 is 11.3 Å². The third-order valence-corrected chi connectivity index (χ3v) is 4.40. The highest BCUT2D eigenvalue weighted by Crippen LogP contribution is 2.20. The molecule has 3 heterocycles. The maximum atomic E-state index is 4.60. The van der Waals surface area contributed by atoms with Gasteiger partial charge in [0, 0.05) is 30.2 Å². The van der Waals surface area contributed by atoms with E-state index in [4.69, 9.17) is 0 Å². The van der Waals surface area contributed by atoms with Gasteiger partial charge in [0.1, 0.15) is 5.82 Å². The molecule has 0 saturated carbocycles. The fourth-order valence-corrected chi connectivity index (χ4v) is 2.89. The molecule has 0 fully saturated rings. The van der Waals surface area contributed by atoms with E-state index in [0.29, 0.717) is 5.95 Å². The van der Waals surface area contributed by atoms with Crippen LogP contribution < -0.4 is 10.6 Å². The molecule has 6 nitrogen and oxygen atoms in total. The molecule has 0 aromatic carbocycles. The first-order chi connectivity index (χ1) is 12.2. The maximum Gasteiger partial charge on any atom is 0.225 e. The normalized spacial score (nSPS) is 10.8.